The summed E-state index contributed by atoms with van der Waals surface area (Å²) in [6.45, 7) is 6.99. The molecular formula is C31H33ClN4O2. The zero-order chi connectivity index (χ0) is 27.0. The Kier molecular flexibility index (Phi) is 7.17. The highest BCUT2D eigenvalue weighted by atomic mass is 35.5. The lowest BCUT2D eigenvalue weighted by Crippen LogP contribution is -2.19. The maximum Gasteiger partial charge on any atom is 0.355 e. The Labute approximate surface area is 228 Å². The molecule has 2 heterocycles. The molecule has 5 rings (SSSR count). The molecule has 0 fully saturated rings. The van der Waals surface area contributed by atoms with Crippen LogP contribution in [-0.4, -0.2) is 40.9 Å². The number of carbonyl (C=O) groups excluding carboxylic acids is 1. The van der Waals surface area contributed by atoms with Crippen molar-refractivity contribution in [1.29, 1.82) is 0 Å². The lowest BCUT2D eigenvalue weighted by atomic mass is 9.98. The van der Waals surface area contributed by atoms with Gasteiger partial charge in [0.05, 0.1) is 22.8 Å². The summed E-state index contributed by atoms with van der Waals surface area (Å²) in [5.41, 5.74) is 7.27. The number of aromatic amines is 1. The number of nitrogens with one attached hydrogen (secondary N) is 1. The third-order valence-electron chi connectivity index (χ3n) is 7.37. The van der Waals surface area contributed by atoms with Crippen LogP contribution in [0.5, 0.6) is 0 Å². The number of aryl methyl sites for hydroxylation is 3. The van der Waals surface area contributed by atoms with Crippen molar-refractivity contribution in [1.82, 2.24) is 14.8 Å². The molecule has 2 aromatic heterocycles. The van der Waals surface area contributed by atoms with Gasteiger partial charge in [-0.15, -0.1) is 0 Å². The van der Waals surface area contributed by atoms with Gasteiger partial charge in [-0.2, -0.15) is 5.10 Å². The molecule has 1 N–H and O–H groups in total. The summed E-state index contributed by atoms with van der Waals surface area (Å²) in [6, 6.07) is 18.8. The summed E-state index contributed by atoms with van der Waals surface area (Å²) in [4.78, 5) is 18.7. The minimum atomic E-state index is -0.345. The molecule has 0 saturated heterocycles. The van der Waals surface area contributed by atoms with E-state index in [9.17, 15) is 4.79 Å². The Morgan fingerprint density at radius 3 is 2.55 bits per heavy atom. The number of aromatic nitrogens is 3. The molecule has 38 heavy (non-hydrogen) atoms. The van der Waals surface area contributed by atoms with Crippen LogP contribution in [0.4, 0.5) is 5.69 Å². The van der Waals surface area contributed by atoms with E-state index in [0.717, 1.165) is 58.4 Å². The van der Waals surface area contributed by atoms with E-state index >= 15 is 0 Å². The van der Waals surface area contributed by atoms with E-state index in [2.05, 4.69) is 64.5 Å². The van der Waals surface area contributed by atoms with Gasteiger partial charge >= 0.3 is 5.97 Å². The SMILES string of the molecule is CCOC(=O)c1[nH]c2c(-c3c(C)nn(C)c3C)c(Cl)ccc2c1CCCN(C)c1cccc2ccccc12. The van der Waals surface area contributed by atoms with E-state index < -0.39 is 0 Å². The van der Waals surface area contributed by atoms with Crippen molar-refractivity contribution in [3.63, 3.8) is 0 Å². The fraction of sp³-hybridized carbons (Fsp3) is 0.290. The van der Waals surface area contributed by atoms with Crippen molar-refractivity contribution in [3.05, 3.63) is 82.3 Å². The molecule has 7 heteroatoms. The van der Waals surface area contributed by atoms with Crippen LogP contribution in [0.25, 0.3) is 32.8 Å². The number of anilines is 1. The Bertz CT molecular complexity index is 1640. The second kappa shape index (κ2) is 10.5. The first kappa shape index (κ1) is 25.9. The normalized spacial score (nSPS) is 11.4. The van der Waals surface area contributed by atoms with E-state index in [1.54, 1.807) is 0 Å². The molecule has 196 valence electrons. The highest BCUT2D eigenvalue weighted by Gasteiger charge is 2.24. The highest BCUT2D eigenvalue weighted by Crippen LogP contribution is 2.40. The minimum absolute atomic E-state index is 0.311. The van der Waals surface area contributed by atoms with Crippen molar-refractivity contribution < 1.29 is 9.53 Å². The average Bonchev–Trinajstić information content (AvgIpc) is 3.39. The number of rotatable bonds is 8. The number of hydrogen-bond donors (Lipinski definition) is 1. The Morgan fingerprint density at radius 1 is 1.05 bits per heavy atom. The third kappa shape index (κ3) is 4.54. The molecule has 0 saturated carbocycles. The Morgan fingerprint density at radius 2 is 1.82 bits per heavy atom. The Balaban J connectivity index is 1.52. The number of hydrogen-bond acceptors (Lipinski definition) is 4. The fourth-order valence-electron chi connectivity index (χ4n) is 5.47. The van der Waals surface area contributed by atoms with Crippen LogP contribution in [0.2, 0.25) is 5.02 Å². The van der Waals surface area contributed by atoms with Gasteiger partial charge in [0.1, 0.15) is 5.69 Å². The van der Waals surface area contributed by atoms with E-state index in [1.807, 2.05) is 44.6 Å². The largest absolute Gasteiger partial charge is 0.461 e. The summed E-state index contributed by atoms with van der Waals surface area (Å²) in [5, 5.41) is 8.66. The number of H-pyrrole nitrogens is 1. The number of halogens is 1. The first-order valence-corrected chi connectivity index (χ1v) is 13.4. The highest BCUT2D eigenvalue weighted by molar-refractivity contribution is 6.35. The van der Waals surface area contributed by atoms with Crippen molar-refractivity contribution in [2.45, 2.75) is 33.6 Å². The van der Waals surface area contributed by atoms with Crippen molar-refractivity contribution in [2.75, 3.05) is 25.1 Å². The summed E-state index contributed by atoms with van der Waals surface area (Å²) < 4.78 is 7.30. The predicted molar refractivity (Wildman–Crippen MR) is 156 cm³/mol. The van der Waals surface area contributed by atoms with E-state index in [0.29, 0.717) is 17.3 Å². The predicted octanol–water partition coefficient (Wildman–Crippen LogP) is 7.24. The topological polar surface area (TPSA) is 63.2 Å². The average molecular weight is 529 g/mol. The molecule has 0 aliphatic carbocycles. The quantitative estimate of drug-likeness (QED) is 0.216. The van der Waals surface area contributed by atoms with Gasteiger partial charge in [0.2, 0.25) is 0 Å². The van der Waals surface area contributed by atoms with E-state index in [-0.39, 0.29) is 5.97 Å². The standard InChI is InChI=1S/C31H33ClN4O2/c1-6-38-31(37)30-23(14-10-18-35(4)26-15-9-12-21-11-7-8-13-22(21)26)24-16-17-25(32)28(29(24)33-30)27-19(2)34-36(5)20(27)3/h7-9,11-13,15-17,33H,6,10,14,18H2,1-5H3. The molecule has 5 aromatic rings. The lowest BCUT2D eigenvalue weighted by molar-refractivity contribution is 0.0519. The van der Waals surface area contributed by atoms with Gasteiger partial charge in [0.15, 0.2) is 0 Å². The number of carbonyl (C=O) groups is 1. The maximum atomic E-state index is 13.1. The zero-order valence-electron chi connectivity index (χ0n) is 22.6. The second-order valence-electron chi connectivity index (χ2n) is 9.74. The van der Waals surface area contributed by atoms with Gasteiger partial charge < -0.3 is 14.6 Å². The summed E-state index contributed by atoms with van der Waals surface area (Å²) in [7, 11) is 4.05. The van der Waals surface area contributed by atoms with Gasteiger partial charge in [-0.25, -0.2) is 4.79 Å². The van der Waals surface area contributed by atoms with E-state index in [1.165, 1.54) is 16.5 Å². The van der Waals surface area contributed by atoms with Gasteiger partial charge in [0, 0.05) is 53.9 Å². The first-order valence-electron chi connectivity index (χ1n) is 13.0. The molecule has 0 spiro atoms. The van der Waals surface area contributed by atoms with Crippen LogP contribution in [-0.2, 0) is 18.2 Å². The number of ether oxygens (including phenoxy) is 1. The summed E-state index contributed by atoms with van der Waals surface area (Å²) in [6.07, 6.45) is 1.58. The van der Waals surface area contributed by atoms with Crippen molar-refractivity contribution >= 4 is 44.9 Å². The van der Waals surface area contributed by atoms with Crippen LogP contribution < -0.4 is 4.90 Å². The number of esters is 1. The zero-order valence-corrected chi connectivity index (χ0v) is 23.3. The summed E-state index contributed by atoms with van der Waals surface area (Å²) in [5.74, 6) is -0.345. The minimum Gasteiger partial charge on any atom is -0.461 e. The van der Waals surface area contributed by atoms with Gasteiger partial charge in [-0.3, -0.25) is 4.68 Å². The third-order valence-corrected chi connectivity index (χ3v) is 7.68. The first-order chi connectivity index (χ1) is 18.3. The maximum absolute atomic E-state index is 13.1. The molecule has 0 unspecified atom stereocenters. The monoisotopic (exact) mass is 528 g/mol. The fourth-order valence-corrected chi connectivity index (χ4v) is 5.72. The van der Waals surface area contributed by atoms with Gasteiger partial charge in [0.25, 0.3) is 0 Å². The van der Waals surface area contributed by atoms with Gasteiger partial charge in [-0.1, -0.05) is 54.1 Å². The number of benzene rings is 3. The molecule has 6 nitrogen and oxygen atoms in total. The molecule has 3 aromatic carbocycles. The summed E-state index contributed by atoms with van der Waals surface area (Å²) >= 11 is 6.77. The van der Waals surface area contributed by atoms with Crippen LogP contribution in [0.15, 0.2) is 54.6 Å². The molecule has 0 bridgehead atoms. The number of nitrogens with zero attached hydrogens (tertiary/aromatic N) is 3. The number of fused-ring (bicyclic) bond motifs is 2. The lowest BCUT2D eigenvalue weighted by Gasteiger charge is -2.21. The van der Waals surface area contributed by atoms with Crippen molar-refractivity contribution in [2.24, 2.45) is 7.05 Å². The molecular weight excluding hydrogens is 496 g/mol. The van der Waals surface area contributed by atoms with Crippen LogP contribution in [0.1, 0.15) is 40.8 Å². The molecule has 0 aliphatic rings. The van der Waals surface area contributed by atoms with Crippen LogP contribution in [0, 0.1) is 13.8 Å². The molecule has 0 aliphatic heterocycles. The van der Waals surface area contributed by atoms with Crippen molar-refractivity contribution in [3.8, 4) is 11.1 Å². The second-order valence-corrected chi connectivity index (χ2v) is 10.1. The molecule has 0 atom stereocenters. The van der Waals surface area contributed by atoms with Crippen LogP contribution in [0.3, 0.4) is 0 Å². The van der Waals surface area contributed by atoms with Gasteiger partial charge in [-0.05, 0) is 56.7 Å². The van der Waals surface area contributed by atoms with E-state index in [4.69, 9.17) is 16.3 Å². The Hall–Kier alpha value is -3.77. The molecule has 0 radical (unpaired) electrons. The molecule has 0 amide bonds. The smallest absolute Gasteiger partial charge is 0.355 e. The van der Waals surface area contributed by atoms with Crippen LogP contribution >= 0.6 is 11.6 Å².